The SMILES string of the molecule is CCCN(C(=O)c1cccc(CN2C(=O)Nc3ccc(Cl)cc3S2(=O)=O)c1)C1CCCCCC1. The van der Waals surface area contributed by atoms with Gasteiger partial charge in [0.05, 0.1) is 12.2 Å². The van der Waals surface area contributed by atoms with Crippen molar-refractivity contribution in [2.24, 2.45) is 0 Å². The quantitative estimate of drug-likeness (QED) is 0.516. The molecule has 0 saturated heterocycles. The Morgan fingerprint density at radius 1 is 1.12 bits per heavy atom. The molecule has 0 unspecified atom stereocenters. The summed E-state index contributed by atoms with van der Waals surface area (Å²) in [6.07, 6.45) is 7.58. The van der Waals surface area contributed by atoms with Crippen LogP contribution in [0.15, 0.2) is 47.4 Å². The van der Waals surface area contributed by atoms with Crippen LogP contribution in [-0.4, -0.2) is 42.1 Å². The number of fused-ring (bicyclic) bond motifs is 1. The van der Waals surface area contributed by atoms with Crippen LogP contribution in [-0.2, 0) is 16.6 Å². The number of rotatable bonds is 6. The van der Waals surface area contributed by atoms with Crippen molar-refractivity contribution in [1.82, 2.24) is 9.21 Å². The fourth-order valence-electron chi connectivity index (χ4n) is 4.77. The topological polar surface area (TPSA) is 86.8 Å². The lowest BCUT2D eigenvalue weighted by Gasteiger charge is -2.31. The normalized spacial score (nSPS) is 18.1. The molecule has 182 valence electrons. The van der Waals surface area contributed by atoms with Crippen LogP contribution in [0.4, 0.5) is 10.5 Å². The first-order chi connectivity index (χ1) is 16.3. The predicted octanol–water partition coefficient (Wildman–Crippen LogP) is 5.65. The summed E-state index contributed by atoms with van der Waals surface area (Å²) in [4.78, 5) is 28.1. The molecular formula is C25H30ClN3O4S. The Labute approximate surface area is 206 Å². The second-order valence-corrected chi connectivity index (χ2v) is 11.2. The van der Waals surface area contributed by atoms with Crippen molar-refractivity contribution in [3.05, 3.63) is 58.6 Å². The molecule has 2 aromatic rings. The maximum absolute atomic E-state index is 13.5. The van der Waals surface area contributed by atoms with Crippen molar-refractivity contribution in [3.63, 3.8) is 0 Å². The van der Waals surface area contributed by atoms with E-state index in [-0.39, 0.29) is 34.1 Å². The molecule has 4 rings (SSSR count). The number of hydrogen-bond donors (Lipinski definition) is 1. The smallest absolute Gasteiger partial charge is 0.336 e. The van der Waals surface area contributed by atoms with Crippen molar-refractivity contribution >= 4 is 39.2 Å². The highest BCUT2D eigenvalue weighted by molar-refractivity contribution is 7.90. The van der Waals surface area contributed by atoms with E-state index in [0.717, 1.165) is 36.4 Å². The first-order valence-electron chi connectivity index (χ1n) is 11.8. The van der Waals surface area contributed by atoms with E-state index in [4.69, 9.17) is 11.6 Å². The highest BCUT2D eigenvalue weighted by Crippen LogP contribution is 2.33. The Kier molecular flexibility index (Phi) is 7.48. The van der Waals surface area contributed by atoms with E-state index < -0.39 is 16.1 Å². The highest BCUT2D eigenvalue weighted by atomic mass is 35.5. The first-order valence-corrected chi connectivity index (χ1v) is 13.7. The summed E-state index contributed by atoms with van der Waals surface area (Å²) in [6, 6.07) is 10.7. The summed E-state index contributed by atoms with van der Waals surface area (Å²) in [5, 5.41) is 2.87. The number of nitrogens with one attached hydrogen (secondary N) is 1. The molecule has 7 nitrogen and oxygen atoms in total. The molecule has 1 aliphatic heterocycles. The Hall–Kier alpha value is -2.58. The maximum Gasteiger partial charge on any atom is 0.336 e. The molecule has 1 aliphatic carbocycles. The van der Waals surface area contributed by atoms with Crippen LogP contribution in [0.2, 0.25) is 5.02 Å². The molecule has 0 radical (unpaired) electrons. The average molecular weight is 504 g/mol. The average Bonchev–Trinajstić information content (AvgIpc) is 3.10. The van der Waals surface area contributed by atoms with Crippen molar-refractivity contribution in [1.29, 1.82) is 0 Å². The number of nitrogens with zero attached hydrogens (tertiary/aromatic N) is 2. The van der Waals surface area contributed by atoms with Gasteiger partial charge in [-0.05, 0) is 55.2 Å². The van der Waals surface area contributed by atoms with Gasteiger partial charge in [0.25, 0.3) is 15.9 Å². The van der Waals surface area contributed by atoms with E-state index in [1.54, 1.807) is 24.3 Å². The number of benzene rings is 2. The van der Waals surface area contributed by atoms with E-state index in [1.165, 1.54) is 31.0 Å². The van der Waals surface area contributed by atoms with E-state index in [1.807, 2.05) is 4.90 Å². The number of urea groups is 1. The minimum atomic E-state index is -4.09. The molecule has 1 N–H and O–H groups in total. The summed E-state index contributed by atoms with van der Waals surface area (Å²) in [7, 11) is -4.09. The number of carbonyl (C=O) groups is 2. The van der Waals surface area contributed by atoms with E-state index in [2.05, 4.69) is 12.2 Å². The van der Waals surface area contributed by atoms with Gasteiger partial charge in [-0.1, -0.05) is 56.3 Å². The summed E-state index contributed by atoms with van der Waals surface area (Å²) in [6.45, 7) is 2.57. The van der Waals surface area contributed by atoms with Crippen LogP contribution in [0, 0.1) is 0 Å². The van der Waals surface area contributed by atoms with Crippen molar-refractivity contribution in [2.45, 2.75) is 69.4 Å². The molecule has 1 saturated carbocycles. The van der Waals surface area contributed by atoms with Crippen LogP contribution in [0.25, 0.3) is 0 Å². The zero-order valence-electron chi connectivity index (χ0n) is 19.3. The molecule has 0 spiro atoms. The summed E-state index contributed by atoms with van der Waals surface area (Å²) >= 11 is 6.00. The molecule has 3 amide bonds. The summed E-state index contributed by atoms with van der Waals surface area (Å²) in [5.41, 5.74) is 1.27. The number of sulfonamides is 1. The van der Waals surface area contributed by atoms with E-state index in [9.17, 15) is 18.0 Å². The van der Waals surface area contributed by atoms with Gasteiger partial charge in [-0.2, -0.15) is 0 Å². The van der Waals surface area contributed by atoms with E-state index >= 15 is 0 Å². The number of halogens is 1. The molecule has 1 heterocycles. The lowest BCUT2D eigenvalue weighted by Crippen LogP contribution is -2.43. The zero-order chi connectivity index (χ0) is 24.3. The molecule has 34 heavy (non-hydrogen) atoms. The van der Waals surface area contributed by atoms with Gasteiger partial charge in [0.15, 0.2) is 0 Å². The molecule has 9 heteroatoms. The largest absolute Gasteiger partial charge is 0.336 e. The number of carbonyl (C=O) groups excluding carboxylic acids is 2. The maximum atomic E-state index is 13.5. The third-order valence-electron chi connectivity index (χ3n) is 6.47. The van der Waals surface area contributed by atoms with Crippen molar-refractivity contribution < 1.29 is 18.0 Å². The molecule has 0 atom stereocenters. The molecular weight excluding hydrogens is 474 g/mol. The third-order valence-corrected chi connectivity index (χ3v) is 8.47. The molecule has 0 bridgehead atoms. The van der Waals surface area contributed by atoms with Gasteiger partial charge < -0.3 is 10.2 Å². The molecule has 2 aliphatic rings. The van der Waals surface area contributed by atoms with Gasteiger partial charge >= 0.3 is 6.03 Å². The Morgan fingerprint density at radius 2 is 1.85 bits per heavy atom. The monoisotopic (exact) mass is 503 g/mol. The standard InChI is InChI=1S/C25H30ClN3O4S/c1-2-14-28(21-10-5-3-4-6-11-21)24(30)19-9-7-8-18(15-19)17-29-25(31)27-22-13-12-20(26)16-23(22)34(29,32)33/h7-9,12-13,15-16,21H,2-6,10-11,14,17H2,1H3,(H,27,31). The van der Waals surface area contributed by atoms with Crippen LogP contribution in [0.1, 0.15) is 67.8 Å². The van der Waals surface area contributed by atoms with Crippen LogP contribution >= 0.6 is 11.6 Å². The van der Waals surface area contributed by atoms with Crippen molar-refractivity contribution in [2.75, 3.05) is 11.9 Å². The van der Waals surface area contributed by atoms with Crippen LogP contribution in [0.5, 0.6) is 0 Å². The number of amides is 3. The molecule has 1 fully saturated rings. The van der Waals surface area contributed by atoms with Gasteiger partial charge in [0.2, 0.25) is 0 Å². The Bertz CT molecular complexity index is 1180. The first kappa shape index (κ1) is 24.5. The van der Waals surface area contributed by atoms with Crippen molar-refractivity contribution in [3.8, 4) is 0 Å². The number of hydrogen-bond acceptors (Lipinski definition) is 4. The predicted molar refractivity (Wildman–Crippen MR) is 132 cm³/mol. The fraction of sp³-hybridized carbons (Fsp3) is 0.440. The van der Waals surface area contributed by atoms with Crippen LogP contribution in [0.3, 0.4) is 0 Å². The van der Waals surface area contributed by atoms with E-state index in [0.29, 0.717) is 17.7 Å². The minimum Gasteiger partial charge on any atom is -0.336 e. The summed E-state index contributed by atoms with van der Waals surface area (Å²) in [5.74, 6) is -0.0429. The Morgan fingerprint density at radius 3 is 2.56 bits per heavy atom. The van der Waals surface area contributed by atoms with Gasteiger partial charge in [-0.3, -0.25) is 4.79 Å². The zero-order valence-corrected chi connectivity index (χ0v) is 20.9. The third kappa shape index (κ3) is 5.08. The minimum absolute atomic E-state index is 0.0429. The lowest BCUT2D eigenvalue weighted by atomic mass is 10.0. The second kappa shape index (κ2) is 10.4. The highest BCUT2D eigenvalue weighted by Gasteiger charge is 2.37. The van der Waals surface area contributed by atoms with Crippen LogP contribution < -0.4 is 5.32 Å². The molecule has 0 aromatic heterocycles. The second-order valence-electron chi connectivity index (χ2n) is 8.93. The molecule has 2 aromatic carbocycles. The van der Waals surface area contributed by atoms with Gasteiger partial charge in [-0.15, -0.1) is 0 Å². The fourth-order valence-corrected chi connectivity index (χ4v) is 6.50. The van der Waals surface area contributed by atoms with Gasteiger partial charge in [0, 0.05) is 23.2 Å². The van der Waals surface area contributed by atoms with Gasteiger partial charge in [-0.25, -0.2) is 17.5 Å². The number of anilines is 1. The van der Waals surface area contributed by atoms with Gasteiger partial charge in [0.1, 0.15) is 4.90 Å². The summed E-state index contributed by atoms with van der Waals surface area (Å²) < 4.78 is 27.1. The lowest BCUT2D eigenvalue weighted by molar-refractivity contribution is 0.0660. The Balaban J connectivity index is 1.58.